The molecule has 15 heavy (non-hydrogen) atoms. The number of pyridine rings is 1. The quantitative estimate of drug-likeness (QED) is 0.731. The first-order valence-electron chi connectivity index (χ1n) is 5.41. The van der Waals surface area contributed by atoms with Crippen molar-refractivity contribution in [1.29, 1.82) is 0 Å². The molecule has 0 aliphatic rings. The molecule has 0 saturated carbocycles. The van der Waals surface area contributed by atoms with Gasteiger partial charge in [0.15, 0.2) is 0 Å². The molecule has 1 heterocycles. The summed E-state index contributed by atoms with van der Waals surface area (Å²) in [5.74, 6) is 1.51. The van der Waals surface area contributed by atoms with Gasteiger partial charge >= 0.3 is 0 Å². The SMILES string of the molecule is CC(C)CCCOc1ccnc(CO)c1. The molecule has 0 atom stereocenters. The Morgan fingerprint density at radius 3 is 2.93 bits per heavy atom. The van der Waals surface area contributed by atoms with Gasteiger partial charge in [0, 0.05) is 12.3 Å². The summed E-state index contributed by atoms with van der Waals surface area (Å²) in [5, 5.41) is 8.89. The molecule has 3 heteroatoms. The lowest BCUT2D eigenvalue weighted by molar-refractivity contribution is 0.272. The summed E-state index contributed by atoms with van der Waals surface area (Å²) >= 11 is 0. The van der Waals surface area contributed by atoms with Crippen molar-refractivity contribution in [3.63, 3.8) is 0 Å². The Hall–Kier alpha value is -1.09. The second-order valence-corrected chi connectivity index (χ2v) is 4.03. The first-order valence-corrected chi connectivity index (χ1v) is 5.41. The first-order chi connectivity index (χ1) is 7.22. The van der Waals surface area contributed by atoms with Crippen molar-refractivity contribution in [3.8, 4) is 5.75 Å². The van der Waals surface area contributed by atoms with Gasteiger partial charge in [-0.2, -0.15) is 0 Å². The van der Waals surface area contributed by atoms with Crippen molar-refractivity contribution in [2.45, 2.75) is 33.3 Å². The van der Waals surface area contributed by atoms with Crippen molar-refractivity contribution < 1.29 is 9.84 Å². The van der Waals surface area contributed by atoms with Gasteiger partial charge in [-0.3, -0.25) is 4.98 Å². The highest BCUT2D eigenvalue weighted by Gasteiger charge is 1.98. The van der Waals surface area contributed by atoms with E-state index in [-0.39, 0.29) is 6.61 Å². The minimum atomic E-state index is -0.0385. The van der Waals surface area contributed by atoms with Gasteiger partial charge in [-0.05, 0) is 24.8 Å². The molecule has 84 valence electrons. The fraction of sp³-hybridized carbons (Fsp3) is 0.583. The molecule has 3 nitrogen and oxygen atoms in total. The summed E-state index contributed by atoms with van der Waals surface area (Å²) < 4.78 is 5.55. The second-order valence-electron chi connectivity index (χ2n) is 4.03. The van der Waals surface area contributed by atoms with Crippen LogP contribution in [-0.4, -0.2) is 16.7 Å². The van der Waals surface area contributed by atoms with Crippen LogP contribution in [0.5, 0.6) is 5.75 Å². The van der Waals surface area contributed by atoms with Crippen LogP contribution >= 0.6 is 0 Å². The van der Waals surface area contributed by atoms with E-state index in [1.807, 2.05) is 6.07 Å². The maximum atomic E-state index is 8.89. The lowest BCUT2D eigenvalue weighted by Gasteiger charge is -2.07. The predicted molar refractivity (Wildman–Crippen MR) is 59.7 cm³/mol. The van der Waals surface area contributed by atoms with Gasteiger partial charge < -0.3 is 9.84 Å². The Kier molecular flexibility index (Phi) is 5.12. The number of ether oxygens (including phenoxy) is 1. The van der Waals surface area contributed by atoms with Crippen LogP contribution in [0.2, 0.25) is 0 Å². The minimum Gasteiger partial charge on any atom is -0.493 e. The van der Waals surface area contributed by atoms with Crippen LogP contribution in [-0.2, 0) is 6.61 Å². The van der Waals surface area contributed by atoms with Crippen molar-refractivity contribution in [3.05, 3.63) is 24.0 Å². The van der Waals surface area contributed by atoms with Crippen LogP contribution in [0.3, 0.4) is 0 Å². The molecule has 0 saturated heterocycles. The van der Waals surface area contributed by atoms with Crippen LogP contribution in [0.15, 0.2) is 18.3 Å². The van der Waals surface area contributed by atoms with E-state index in [0.29, 0.717) is 5.69 Å². The summed E-state index contributed by atoms with van der Waals surface area (Å²) in [4.78, 5) is 3.98. The average Bonchev–Trinajstić information content (AvgIpc) is 2.24. The number of hydrogen-bond donors (Lipinski definition) is 1. The first kappa shape index (κ1) is 12.0. The number of aromatic nitrogens is 1. The van der Waals surface area contributed by atoms with Gasteiger partial charge in [0.1, 0.15) is 5.75 Å². The van der Waals surface area contributed by atoms with E-state index in [2.05, 4.69) is 18.8 Å². The molecule has 0 radical (unpaired) electrons. The fourth-order valence-corrected chi connectivity index (χ4v) is 1.31. The number of nitrogens with zero attached hydrogens (tertiary/aromatic N) is 1. The molecule has 1 aromatic heterocycles. The number of aliphatic hydroxyl groups excluding tert-OH is 1. The molecule has 0 aromatic carbocycles. The highest BCUT2D eigenvalue weighted by atomic mass is 16.5. The Balaban J connectivity index is 2.30. The van der Waals surface area contributed by atoms with E-state index in [1.165, 1.54) is 6.42 Å². The molecule has 1 aromatic rings. The van der Waals surface area contributed by atoms with Crippen LogP contribution in [0, 0.1) is 5.92 Å². The van der Waals surface area contributed by atoms with Crippen LogP contribution in [0.1, 0.15) is 32.4 Å². The fourth-order valence-electron chi connectivity index (χ4n) is 1.31. The van der Waals surface area contributed by atoms with E-state index in [0.717, 1.165) is 24.7 Å². The summed E-state index contributed by atoms with van der Waals surface area (Å²) in [6.07, 6.45) is 3.90. The van der Waals surface area contributed by atoms with Crippen molar-refractivity contribution in [2.24, 2.45) is 5.92 Å². The maximum Gasteiger partial charge on any atom is 0.122 e. The van der Waals surface area contributed by atoms with E-state index >= 15 is 0 Å². The van der Waals surface area contributed by atoms with E-state index in [4.69, 9.17) is 9.84 Å². The van der Waals surface area contributed by atoms with Crippen LogP contribution in [0.25, 0.3) is 0 Å². The van der Waals surface area contributed by atoms with Gasteiger partial charge in [-0.1, -0.05) is 13.8 Å². The molecular formula is C12H19NO2. The zero-order chi connectivity index (χ0) is 11.1. The van der Waals surface area contributed by atoms with Crippen LogP contribution < -0.4 is 4.74 Å². The number of hydrogen-bond acceptors (Lipinski definition) is 3. The molecule has 1 N–H and O–H groups in total. The topological polar surface area (TPSA) is 42.4 Å². The third kappa shape index (κ3) is 4.79. The number of aliphatic hydroxyl groups is 1. The molecule has 0 fully saturated rings. The van der Waals surface area contributed by atoms with Crippen molar-refractivity contribution >= 4 is 0 Å². The van der Waals surface area contributed by atoms with Crippen molar-refractivity contribution in [2.75, 3.05) is 6.61 Å². The normalized spacial score (nSPS) is 10.7. The lowest BCUT2D eigenvalue weighted by atomic mass is 10.1. The van der Waals surface area contributed by atoms with Gasteiger partial charge in [-0.25, -0.2) is 0 Å². The summed E-state index contributed by atoms with van der Waals surface area (Å²) in [6.45, 7) is 5.10. The predicted octanol–water partition coefficient (Wildman–Crippen LogP) is 2.39. The third-order valence-corrected chi connectivity index (χ3v) is 2.14. The van der Waals surface area contributed by atoms with E-state index in [9.17, 15) is 0 Å². The summed E-state index contributed by atoms with van der Waals surface area (Å²) in [7, 11) is 0. The summed E-state index contributed by atoms with van der Waals surface area (Å²) in [5.41, 5.74) is 0.649. The van der Waals surface area contributed by atoms with Crippen LogP contribution in [0.4, 0.5) is 0 Å². The van der Waals surface area contributed by atoms with Gasteiger partial charge in [-0.15, -0.1) is 0 Å². The molecule has 0 bridgehead atoms. The summed E-state index contributed by atoms with van der Waals surface area (Å²) in [6, 6.07) is 3.59. The highest BCUT2D eigenvalue weighted by Crippen LogP contribution is 2.12. The Morgan fingerprint density at radius 1 is 1.47 bits per heavy atom. The Labute approximate surface area is 91.1 Å². The molecule has 0 aliphatic carbocycles. The Bertz CT molecular complexity index is 287. The zero-order valence-corrected chi connectivity index (χ0v) is 9.44. The monoisotopic (exact) mass is 209 g/mol. The zero-order valence-electron chi connectivity index (χ0n) is 9.44. The molecule has 0 unspecified atom stereocenters. The largest absolute Gasteiger partial charge is 0.493 e. The molecular weight excluding hydrogens is 190 g/mol. The number of rotatable bonds is 6. The lowest BCUT2D eigenvalue weighted by Crippen LogP contribution is -2.00. The Morgan fingerprint density at radius 2 is 2.27 bits per heavy atom. The average molecular weight is 209 g/mol. The second kappa shape index (κ2) is 6.40. The van der Waals surface area contributed by atoms with Gasteiger partial charge in [0.2, 0.25) is 0 Å². The smallest absolute Gasteiger partial charge is 0.122 e. The maximum absolute atomic E-state index is 8.89. The highest BCUT2D eigenvalue weighted by molar-refractivity contribution is 5.22. The van der Waals surface area contributed by atoms with Gasteiger partial charge in [0.25, 0.3) is 0 Å². The standard InChI is InChI=1S/C12H19NO2/c1-10(2)4-3-7-15-12-5-6-13-11(8-12)9-14/h5-6,8,10,14H,3-4,7,9H2,1-2H3. The molecule has 0 spiro atoms. The third-order valence-electron chi connectivity index (χ3n) is 2.14. The van der Waals surface area contributed by atoms with E-state index < -0.39 is 0 Å². The molecule has 0 aliphatic heterocycles. The molecule has 1 rings (SSSR count). The molecule has 0 amide bonds. The van der Waals surface area contributed by atoms with E-state index in [1.54, 1.807) is 12.3 Å². The minimum absolute atomic E-state index is 0.0385. The van der Waals surface area contributed by atoms with Gasteiger partial charge in [0.05, 0.1) is 18.9 Å². The van der Waals surface area contributed by atoms with Crippen molar-refractivity contribution in [1.82, 2.24) is 4.98 Å².